The summed E-state index contributed by atoms with van der Waals surface area (Å²) in [5, 5.41) is 7.18. The van der Waals surface area contributed by atoms with Crippen LogP contribution >= 0.6 is 0 Å². The lowest BCUT2D eigenvalue weighted by Crippen LogP contribution is -2.17. The summed E-state index contributed by atoms with van der Waals surface area (Å²) in [5.41, 5.74) is 13.9. The molecule has 0 unspecified atom stereocenters. The summed E-state index contributed by atoms with van der Waals surface area (Å²) in [6.45, 7) is 4.61. The van der Waals surface area contributed by atoms with Gasteiger partial charge in [0.1, 0.15) is 11.2 Å². The molecule has 0 fully saturated rings. The number of rotatable bonds is 5. The van der Waals surface area contributed by atoms with E-state index in [0.29, 0.717) is 17.5 Å². The molecule has 4 nitrogen and oxygen atoms in total. The zero-order valence-corrected chi connectivity index (χ0v) is 33.1. The van der Waals surface area contributed by atoms with Crippen molar-refractivity contribution in [1.82, 2.24) is 15.0 Å². The van der Waals surface area contributed by atoms with Gasteiger partial charge >= 0.3 is 0 Å². The van der Waals surface area contributed by atoms with Crippen LogP contribution in [0.2, 0.25) is 0 Å². The first kappa shape index (κ1) is 34.4. The van der Waals surface area contributed by atoms with Crippen molar-refractivity contribution in [3.8, 4) is 67.5 Å². The van der Waals surface area contributed by atoms with E-state index in [1.165, 1.54) is 49.4 Å². The summed E-state index contributed by atoms with van der Waals surface area (Å²) in [5.74, 6) is 1.94. The van der Waals surface area contributed by atoms with Gasteiger partial charge in [-0.2, -0.15) is 0 Å². The van der Waals surface area contributed by atoms with Gasteiger partial charge in [0.2, 0.25) is 0 Å². The Bertz CT molecular complexity index is 3530. The molecular formula is C56H37N3O. The highest BCUT2D eigenvalue weighted by atomic mass is 16.3. The van der Waals surface area contributed by atoms with Crippen LogP contribution in [-0.4, -0.2) is 15.0 Å². The average molecular weight is 768 g/mol. The maximum Gasteiger partial charge on any atom is 0.164 e. The van der Waals surface area contributed by atoms with Crippen LogP contribution in [0.3, 0.4) is 0 Å². The fraction of sp³-hybridized carbons (Fsp3) is 0.0536. The second-order valence-electron chi connectivity index (χ2n) is 16.4. The maximum absolute atomic E-state index is 6.51. The first-order valence-electron chi connectivity index (χ1n) is 20.5. The van der Waals surface area contributed by atoms with Gasteiger partial charge in [0, 0.05) is 32.9 Å². The van der Waals surface area contributed by atoms with E-state index in [1.54, 1.807) is 0 Å². The lowest BCUT2D eigenvalue weighted by Gasteiger charge is -2.24. The molecule has 0 bridgehead atoms. The number of nitrogens with zero attached hydrogens (tertiary/aromatic N) is 3. The summed E-state index contributed by atoms with van der Waals surface area (Å²) in [6, 6.07) is 66.7. The molecule has 9 aromatic carbocycles. The fourth-order valence-electron chi connectivity index (χ4n) is 9.64. The number of furan rings is 1. The number of hydrogen-bond donors (Lipinski definition) is 0. The van der Waals surface area contributed by atoms with Crippen molar-refractivity contribution in [3.63, 3.8) is 0 Å². The van der Waals surface area contributed by atoms with E-state index in [1.807, 2.05) is 18.2 Å². The number of aromatic nitrogens is 3. The van der Waals surface area contributed by atoms with Crippen molar-refractivity contribution in [2.75, 3.05) is 0 Å². The van der Waals surface area contributed by atoms with Crippen molar-refractivity contribution < 1.29 is 4.42 Å². The lowest BCUT2D eigenvalue weighted by molar-refractivity contribution is 0.661. The molecule has 60 heavy (non-hydrogen) atoms. The summed E-state index contributed by atoms with van der Waals surface area (Å²) in [6.07, 6.45) is 0. The van der Waals surface area contributed by atoms with E-state index >= 15 is 0 Å². The number of hydrogen-bond acceptors (Lipinski definition) is 4. The summed E-state index contributed by atoms with van der Waals surface area (Å²) in [7, 11) is 0. The first-order valence-corrected chi connectivity index (χ1v) is 20.5. The van der Waals surface area contributed by atoms with Crippen LogP contribution in [0.4, 0.5) is 0 Å². The third kappa shape index (κ3) is 5.34. The second kappa shape index (κ2) is 13.2. The van der Waals surface area contributed by atoms with Gasteiger partial charge in [-0.05, 0) is 96.4 Å². The Balaban J connectivity index is 0.994. The van der Waals surface area contributed by atoms with E-state index in [-0.39, 0.29) is 5.41 Å². The quantitative estimate of drug-likeness (QED) is 0.164. The van der Waals surface area contributed by atoms with Crippen LogP contribution in [-0.2, 0) is 5.41 Å². The number of benzene rings is 9. The minimum atomic E-state index is -0.225. The molecule has 11 aromatic rings. The molecule has 0 spiro atoms. The van der Waals surface area contributed by atoms with Gasteiger partial charge in [-0.15, -0.1) is 0 Å². The summed E-state index contributed by atoms with van der Waals surface area (Å²) in [4.78, 5) is 15.6. The van der Waals surface area contributed by atoms with Crippen LogP contribution in [0.25, 0.3) is 111 Å². The van der Waals surface area contributed by atoms with Crippen LogP contribution in [0.1, 0.15) is 25.0 Å². The minimum Gasteiger partial charge on any atom is -0.456 e. The Labute approximate surface area is 347 Å². The van der Waals surface area contributed by atoms with E-state index in [2.05, 4.69) is 184 Å². The van der Waals surface area contributed by atoms with Crippen molar-refractivity contribution in [2.24, 2.45) is 0 Å². The highest BCUT2D eigenvalue weighted by molar-refractivity contribution is 6.14. The van der Waals surface area contributed by atoms with E-state index < -0.39 is 0 Å². The minimum absolute atomic E-state index is 0.225. The monoisotopic (exact) mass is 767 g/mol. The molecular weight excluding hydrogens is 731 g/mol. The maximum atomic E-state index is 6.51. The molecule has 1 aliphatic carbocycles. The highest BCUT2D eigenvalue weighted by Crippen LogP contribution is 2.52. The lowest BCUT2D eigenvalue weighted by atomic mass is 9.80. The van der Waals surface area contributed by atoms with E-state index in [9.17, 15) is 0 Å². The average Bonchev–Trinajstić information content (AvgIpc) is 3.80. The van der Waals surface area contributed by atoms with Gasteiger partial charge in [-0.1, -0.05) is 172 Å². The molecule has 4 heteroatoms. The van der Waals surface area contributed by atoms with Crippen LogP contribution in [0, 0.1) is 0 Å². The van der Waals surface area contributed by atoms with Gasteiger partial charge in [0.15, 0.2) is 17.5 Å². The molecule has 282 valence electrons. The molecule has 1 aliphatic rings. The Morgan fingerprint density at radius 2 is 1.00 bits per heavy atom. The molecule has 0 radical (unpaired) electrons. The van der Waals surface area contributed by atoms with Gasteiger partial charge in [0.25, 0.3) is 0 Å². The van der Waals surface area contributed by atoms with Gasteiger partial charge < -0.3 is 4.42 Å². The Morgan fingerprint density at radius 1 is 0.367 bits per heavy atom. The predicted molar refractivity (Wildman–Crippen MR) is 247 cm³/mol. The highest BCUT2D eigenvalue weighted by Gasteiger charge is 2.38. The van der Waals surface area contributed by atoms with Crippen LogP contribution in [0.5, 0.6) is 0 Å². The third-order valence-corrected chi connectivity index (χ3v) is 12.5. The Kier molecular flexibility index (Phi) is 7.54. The van der Waals surface area contributed by atoms with Gasteiger partial charge in [-0.3, -0.25) is 0 Å². The fourth-order valence-corrected chi connectivity index (χ4v) is 9.64. The molecule has 0 atom stereocenters. The molecule has 0 saturated heterocycles. The zero-order valence-electron chi connectivity index (χ0n) is 33.1. The van der Waals surface area contributed by atoms with Crippen molar-refractivity contribution in [3.05, 3.63) is 199 Å². The van der Waals surface area contributed by atoms with E-state index in [4.69, 9.17) is 19.4 Å². The Hall–Kier alpha value is -7.69. The normalized spacial score (nSPS) is 13.0. The molecule has 0 amide bonds. The zero-order chi connectivity index (χ0) is 40.0. The Morgan fingerprint density at radius 3 is 1.92 bits per heavy atom. The van der Waals surface area contributed by atoms with Crippen LogP contribution < -0.4 is 0 Å². The topological polar surface area (TPSA) is 51.8 Å². The summed E-state index contributed by atoms with van der Waals surface area (Å²) < 4.78 is 6.51. The standard InChI is InChI=1S/C56H37N3O/c1-56(2)48-23-9-8-19-44(48)45-21-11-22-46(52(45)56)55-58-53(35-14-4-3-5-15-35)57-54(59-55)40-17-10-16-38(32-40)43-20-12-24-50-51(43)47-33-37(28-30-49(47)60-50)36-27-29-42-39(31-36)26-25-34-13-6-7-18-41(34)42/h3-33H,1-2H3. The number of fused-ring (bicyclic) bond motifs is 9. The summed E-state index contributed by atoms with van der Waals surface area (Å²) >= 11 is 0. The largest absolute Gasteiger partial charge is 0.456 e. The molecule has 0 saturated carbocycles. The van der Waals surface area contributed by atoms with Crippen molar-refractivity contribution in [1.29, 1.82) is 0 Å². The first-order chi connectivity index (χ1) is 29.5. The predicted octanol–water partition coefficient (Wildman–Crippen LogP) is 14.7. The molecule has 0 aliphatic heterocycles. The molecule has 12 rings (SSSR count). The molecule has 0 N–H and O–H groups in total. The molecule has 2 aromatic heterocycles. The molecule has 2 heterocycles. The van der Waals surface area contributed by atoms with Gasteiger partial charge in [-0.25, -0.2) is 15.0 Å². The van der Waals surface area contributed by atoms with Crippen molar-refractivity contribution >= 4 is 43.5 Å². The smallest absolute Gasteiger partial charge is 0.164 e. The van der Waals surface area contributed by atoms with Gasteiger partial charge in [0.05, 0.1) is 0 Å². The van der Waals surface area contributed by atoms with Crippen molar-refractivity contribution in [2.45, 2.75) is 19.3 Å². The third-order valence-electron chi connectivity index (χ3n) is 12.5. The van der Waals surface area contributed by atoms with E-state index in [0.717, 1.165) is 55.3 Å². The van der Waals surface area contributed by atoms with Crippen LogP contribution in [0.15, 0.2) is 192 Å². The second-order valence-corrected chi connectivity index (χ2v) is 16.4. The SMILES string of the molecule is CC1(C)c2ccccc2-c2cccc(-c3nc(-c4ccccc4)nc(-c4cccc(-c5cccc6oc7ccc(-c8ccc9c(ccc%10ccccc%109)c8)cc7c56)c4)n3)c21.